The molecule has 0 saturated carbocycles. The van der Waals surface area contributed by atoms with Gasteiger partial charge >= 0.3 is 0 Å². The van der Waals surface area contributed by atoms with E-state index in [9.17, 15) is 13.6 Å². The van der Waals surface area contributed by atoms with Gasteiger partial charge in [-0.1, -0.05) is 6.07 Å². The number of halogens is 2. The molecular weight excluding hydrogens is 362 g/mol. The van der Waals surface area contributed by atoms with Crippen LogP contribution in [0.2, 0.25) is 0 Å². The second kappa shape index (κ2) is 6.50. The van der Waals surface area contributed by atoms with E-state index in [-0.39, 0.29) is 0 Å². The summed E-state index contributed by atoms with van der Waals surface area (Å²) in [6.45, 7) is 4.62. The van der Waals surface area contributed by atoms with Gasteiger partial charge in [-0.25, -0.2) is 18.7 Å². The number of benzene rings is 1. The van der Waals surface area contributed by atoms with E-state index in [4.69, 9.17) is 4.98 Å². The number of anilines is 1. The van der Waals surface area contributed by atoms with Gasteiger partial charge in [0.25, 0.3) is 5.91 Å². The van der Waals surface area contributed by atoms with E-state index in [2.05, 4.69) is 9.88 Å². The molecule has 2 fully saturated rings. The Hall–Kier alpha value is -2.57. The quantitative estimate of drug-likeness (QED) is 0.799. The Morgan fingerprint density at radius 3 is 2.39 bits per heavy atom. The lowest BCUT2D eigenvalue weighted by Gasteiger charge is -2.24. The number of carbonyl (C=O) groups is 1. The number of fused-ring (bicyclic) bond motifs is 2. The Labute approximate surface area is 162 Å². The van der Waals surface area contributed by atoms with Gasteiger partial charge in [0.05, 0.1) is 0 Å². The fourth-order valence-corrected chi connectivity index (χ4v) is 4.99. The highest BCUT2D eigenvalue weighted by Gasteiger charge is 2.43. The summed E-state index contributed by atoms with van der Waals surface area (Å²) in [4.78, 5) is 25.9. The Kier molecular flexibility index (Phi) is 4.07. The van der Waals surface area contributed by atoms with Gasteiger partial charge < -0.3 is 9.80 Å². The van der Waals surface area contributed by atoms with E-state index < -0.39 is 23.1 Å². The van der Waals surface area contributed by atoms with Gasteiger partial charge in [-0.05, 0) is 38.3 Å². The molecule has 1 aliphatic carbocycles. The molecule has 5 nitrogen and oxygen atoms in total. The second-order valence-corrected chi connectivity index (χ2v) is 8.11. The first kappa shape index (κ1) is 17.5. The summed E-state index contributed by atoms with van der Waals surface area (Å²) in [6, 6.07) is 3.54. The maximum absolute atomic E-state index is 14.0. The monoisotopic (exact) mass is 384 g/mol. The van der Waals surface area contributed by atoms with Crippen LogP contribution >= 0.6 is 0 Å². The van der Waals surface area contributed by atoms with Crippen LogP contribution in [0, 0.1) is 30.4 Å². The number of hydrogen-bond donors (Lipinski definition) is 0. The van der Waals surface area contributed by atoms with Crippen molar-refractivity contribution in [3.63, 3.8) is 0 Å². The molecule has 28 heavy (non-hydrogen) atoms. The van der Waals surface area contributed by atoms with Crippen molar-refractivity contribution in [3.8, 4) is 0 Å². The number of aryl methyl sites for hydroxylation is 2. The third kappa shape index (κ3) is 2.75. The van der Waals surface area contributed by atoms with E-state index >= 15 is 0 Å². The van der Waals surface area contributed by atoms with Crippen molar-refractivity contribution in [1.82, 2.24) is 14.9 Å². The average molecular weight is 384 g/mol. The number of carbonyl (C=O) groups excluding carboxylic acids is 1. The molecule has 146 valence electrons. The Balaban J connectivity index is 1.33. The van der Waals surface area contributed by atoms with Crippen LogP contribution in [-0.4, -0.2) is 47.0 Å². The number of hydrogen-bond acceptors (Lipinski definition) is 4. The van der Waals surface area contributed by atoms with Crippen molar-refractivity contribution in [3.05, 3.63) is 52.5 Å². The molecule has 1 aromatic carbocycles. The zero-order valence-corrected chi connectivity index (χ0v) is 15.8. The zero-order chi connectivity index (χ0) is 19.4. The summed E-state index contributed by atoms with van der Waals surface area (Å²) < 4.78 is 28.0. The maximum Gasteiger partial charge on any atom is 0.259 e. The summed E-state index contributed by atoms with van der Waals surface area (Å²) in [7, 11) is 0. The van der Waals surface area contributed by atoms with Crippen molar-refractivity contribution in [2.45, 2.75) is 26.2 Å². The summed E-state index contributed by atoms with van der Waals surface area (Å²) >= 11 is 0. The minimum atomic E-state index is -0.796. The number of aromatic nitrogens is 2. The normalized spacial score (nSPS) is 23.2. The van der Waals surface area contributed by atoms with Crippen molar-refractivity contribution in [2.75, 3.05) is 31.1 Å². The molecule has 0 N–H and O–H groups in total. The van der Waals surface area contributed by atoms with Crippen LogP contribution in [0.4, 0.5) is 14.6 Å². The third-order valence-corrected chi connectivity index (χ3v) is 6.27. The molecule has 0 spiro atoms. The van der Waals surface area contributed by atoms with Crippen molar-refractivity contribution < 1.29 is 13.6 Å². The summed E-state index contributed by atoms with van der Waals surface area (Å²) in [5.41, 5.74) is 2.00. The van der Waals surface area contributed by atoms with Crippen molar-refractivity contribution in [1.29, 1.82) is 0 Å². The molecule has 3 aliphatic rings. The predicted molar refractivity (Wildman–Crippen MR) is 100 cm³/mol. The highest BCUT2D eigenvalue weighted by Crippen LogP contribution is 2.37. The number of likely N-dealkylation sites (tertiary alicyclic amines) is 1. The Morgan fingerprint density at radius 2 is 1.71 bits per heavy atom. The molecule has 5 rings (SSSR count). The smallest absolute Gasteiger partial charge is 0.259 e. The maximum atomic E-state index is 14.0. The summed E-state index contributed by atoms with van der Waals surface area (Å²) in [5, 5.41) is 0. The molecule has 7 heteroatoms. The van der Waals surface area contributed by atoms with Crippen LogP contribution in [0.25, 0.3) is 0 Å². The van der Waals surface area contributed by atoms with Crippen LogP contribution in [0.1, 0.15) is 33.9 Å². The molecule has 0 radical (unpaired) electrons. The molecule has 2 saturated heterocycles. The molecular formula is C21H22F2N4O. The molecule has 3 heterocycles. The van der Waals surface area contributed by atoms with E-state index in [1.54, 1.807) is 4.90 Å². The van der Waals surface area contributed by atoms with Crippen LogP contribution in [0.15, 0.2) is 18.2 Å². The minimum Gasteiger partial charge on any atom is -0.356 e. The van der Waals surface area contributed by atoms with E-state index in [1.165, 1.54) is 17.3 Å². The van der Waals surface area contributed by atoms with Gasteiger partial charge in [-0.2, -0.15) is 0 Å². The Morgan fingerprint density at radius 1 is 1.04 bits per heavy atom. The van der Waals surface area contributed by atoms with Gasteiger partial charge in [0.2, 0.25) is 0 Å². The fourth-order valence-electron chi connectivity index (χ4n) is 4.99. The van der Waals surface area contributed by atoms with Crippen LogP contribution in [-0.2, 0) is 12.8 Å². The molecule has 1 aromatic heterocycles. The first-order chi connectivity index (χ1) is 13.5. The van der Waals surface area contributed by atoms with E-state index in [0.29, 0.717) is 24.9 Å². The lowest BCUT2D eigenvalue weighted by molar-refractivity contribution is 0.0773. The van der Waals surface area contributed by atoms with Crippen LogP contribution in [0.5, 0.6) is 0 Å². The zero-order valence-electron chi connectivity index (χ0n) is 15.8. The molecule has 2 aromatic rings. The van der Waals surface area contributed by atoms with E-state index in [0.717, 1.165) is 56.1 Å². The minimum absolute atomic E-state index is 0.297. The molecule has 1 amide bonds. The lowest BCUT2D eigenvalue weighted by atomic mass is 10.0. The molecule has 0 bridgehead atoms. The Bertz CT molecular complexity index is 929. The predicted octanol–water partition coefficient (Wildman–Crippen LogP) is 2.76. The highest BCUT2D eigenvalue weighted by molar-refractivity contribution is 5.95. The molecule has 2 unspecified atom stereocenters. The lowest BCUT2D eigenvalue weighted by Crippen LogP contribution is -2.34. The van der Waals surface area contributed by atoms with Gasteiger partial charge in [-0.15, -0.1) is 0 Å². The van der Waals surface area contributed by atoms with Crippen LogP contribution < -0.4 is 4.90 Å². The summed E-state index contributed by atoms with van der Waals surface area (Å²) in [5.74, 6) is 0.311. The molecule has 2 aliphatic heterocycles. The van der Waals surface area contributed by atoms with Crippen LogP contribution in [0.3, 0.4) is 0 Å². The average Bonchev–Trinajstić information content (AvgIpc) is 3.34. The standard InChI is InChI=1S/C21H22F2N4O/c1-12-24-18-7-2-4-15(18)20(25-12)26-8-13-10-27(11-14(13)9-26)21(28)19-16(22)5-3-6-17(19)23/h3,5-6,13-14H,2,4,7-11H2,1H3. The second-order valence-electron chi connectivity index (χ2n) is 8.11. The molecule has 2 atom stereocenters. The number of amides is 1. The van der Waals surface area contributed by atoms with Crippen molar-refractivity contribution in [2.24, 2.45) is 11.8 Å². The largest absolute Gasteiger partial charge is 0.356 e. The first-order valence-electron chi connectivity index (χ1n) is 9.86. The van der Waals surface area contributed by atoms with Crippen molar-refractivity contribution >= 4 is 11.7 Å². The highest BCUT2D eigenvalue weighted by atomic mass is 19.1. The van der Waals surface area contributed by atoms with Gasteiger partial charge in [0.15, 0.2) is 0 Å². The number of nitrogens with zero attached hydrogens (tertiary/aromatic N) is 4. The third-order valence-electron chi connectivity index (χ3n) is 6.27. The topological polar surface area (TPSA) is 49.3 Å². The SMILES string of the molecule is Cc1nc2c(c(N3CC4CN(C(=O)c5c(F)cccc5F)CC4C3)n1)CCC2. The van der Waals surface area contributed by atoms with E-state index in [1.807, 2.05) is 6.92 Å². The fraction of sp³-hybridized carbons (Fsp3) is 0.476. The first-order valence-corrected chi connectivity index (χ1v) is 9.86. The van der Waals surface area contributed by atoms with Gasteiger partial charge in [0.1, 0.15) is 28.8 Å². The van der Waals surface area contributed by atoms with Gasteiger partial charge in [0, 0.05) is 49.3 Å². The number of rotatable bonds is 2. The summed E-state index contributed by atoms with van der Waals surface area (Å²) in [6.07, 6.45) is 3.16. The van der Waals surface area contributed by atoms with Gasteiger partial charge in [-0.3, -0.25) is 4.79 Å².